The molecule has 1 atom stereocenters. The van der Waals surface area contributed by atoms with Crippen LogP contribution in [0.5, 0.6) is 5.75 Å². The van der Waals surface area contributed by atoms with E-state index >= 15 is 0 Å². The second-order valence-electron chi connectivity index (χ2n) is 5.16. The van der Waals surface area contributed by atoms with Gasteiger partial charge in [0.15, 0.2) is 0 Å². The van der Waals surface area contributed by atoms with Gasteiger partial charge < -0.3 is 4.74 Å². The number of hydrogen-bond acceptors (Lipinski definition) is 2. The van der Waals surface area contributed by atoms with Gasteiger partial charge in [-0.25, -0.2) is 0 Å². The molecule has 2 nitrogen and oxygen atoms in total. The first-order chi connectivity index (χ1) is 10.1. The van der Waals surface area contributed by atoms with Crippen molar-refractivity contribution in [2.24, 2.45) is 0 Å². The Morgan fingerprint density at radius 1 is 1.33 bits per heavy atom. The lowest BCUT2D eigenvalue weighted by molar-refractivity contribution is 0.406. The minimum Gasteiger partial charge on any atom is -0.496 e. The quantitative estimate of drug-likeness (QED) is 0.690. The standard InChI is InChI=1S/C17H19BrClNO/c1-11-10-20-16(12(2)17(11)21-3)8-14(9-19)13-5-4-6-15(18)7-13/h4-7,10,14H,8-9H2,1-3H3. The lowest BCUT2D eigenvalue weighted by atomic mass is 9.94. The van der Waals surface area contributed by atoms with Crippen molar-refractivity contribution >= 4 is 27.5 Å². The summed E-state index contributed by atoms with van der Waals surface area (Å²) in [5.74, 6) is 1.72. The maximum Gasteiger partial charge on any atom is 0.128 e. The predicted octanol–water partition coefficient (Wildman–Crippen LogP) is 5.03. The zero-order chi connectivity index (χ0) is 15.4. The number of aryl methyl sites for hydroxylation is 1. The summed E-state index contributed by atoms with van der Waals surface area (Å²) in [5, 5.41) is 0. The average Bonchev–Trinajstić information content (AvgIpc) is 2.47. The molecule has 21 heavy (non-hydrogen) atoms. The molecular weight excluding hydrogens is 350 g/mol. The Kier molecular flexibility index (Phi) is 5.65. The first-order valence-corrected chi connectivity index (χ1v) is 8.20. The summed E-state index contributed by atoms with van der Waals surface area (Å²) >= 11 is 9.70. The largest absolute Gasteiger partial charge is 0.496 e. The van der Waals surface area contributed by atoms with Gasteiger partial charge in [0.2, 0.25) is 0 Å². The van der Waals surface area contributed by atoms with Gasteiger partial charge in [0, 0.05) is 39.3 Å². The smallest absolute Gasteiger partial charge is 0.128 e. The van der Waals surface area contributed by atoms with Gasteiger partial charge in [0.05, 0.1) is 7.11 Å². The summed E-state index contributed by atoms with van der Waals surface area (Å²) in [6, 6.07) is 8.29. The Morgan fingerprint density at radius 2 is 2.10 bits per heavy atom. The van der Waals surface area contributed by atoms with Crippen LogP contribution in [0.1, 0.15) is 28.3 Å². The first-order valence-electron chi connectivity index (χ1n) is 6.87. The Bertz CT molecular complexity index is 630. The van der Waals surface area contributed by atoms with Crippen LogP contribution in [0.3, 0.4) is 0 Å². The fourth-order valence-corrected chi connectivity index (χ4v) is 3.24. The van der Waals surface area contributed by atoms with E-state index < -0.39 is 0 Å². The molecule has 0 aliphatic rings. The maximum atomic E-state index is 6.19. The van der Waals surface area contributed by atoms with Crippen LogP contribution in [0, 0.1) is 13.8 Å². The minimum absolute atomic E-state index is 0.239. The highest BCUT2D eigenvalue weighted by molar-refractivity contribution is 9.10. The van der Waals surface area contributed by atoms with E-state index in [1.807, 2.05) is 25.3 Å². The van der Waals surface area contributed by atoms with Crippen LogP contribution in [0.25, 0.3) is 0 Å². The minimum atomic E-state index is 0.239. The molecular formula is C17H19BrClNO. The van der Waals surface area contributed by atoms with E-state index in [4.69, 9.17) is 16.3 Å². The SMILES string of the molecule is COc1c(C)cnc(CC(CCl)c2cccc(Br)c2)c1C. The van der Waals surface area contributed by atoms with Crippen LogP contribution in [-0.2, 0) is 6.42 Å². The van der Waals surface area contributed by atoms with Crippen molar-refractivity contribution < 1.29 is 4.74 Å². The van der Waals surface area contributed by atoms with Gasteiger partial charge in [-0.3, -0.25) is 4.98 Å². The second-order valence-corrected chi connectivity index (χ2v) is 6.38. The van der Waals surface area contributed by atoms with Gasteiger partial charge in [-0.2, -0.15) is 0 Å². The molecule has 2 rings (SSSR count). The molecule has 0 saturated heterocycles. The molecule has 2 aromatic rings. The van der Waals surface area contributed by atoms with Crippen LogP contribution in [-0.4, -0.2) is 18.0 Å². The Morgan fingerprint density at radius 3 is 2.71 bits per heavy atom. The first kappa shape index (κ1) is 16.3. The Hall–Kier alpha value is -1.06. The third-order valence-electron chi connectivity index (χ3n) is 3.70. The van der Waals surface area contributed by atoms with E-state index in [0.29, 0.717) is 5.88 Å². The fourth-order valence-electron chi connectivity index (χ4n) is 2.53. The predicted molar refractivity (Wildman–Crippen MR) is 91.6 cm³/mol. The number of rotatable bonds is 5. The molecule has 1 aromatic carbocycles. The van der Waals surface area contributed by atoms with Gasteiger partial charge in [0.1, 0.15) is 5.75 Å². The lowest BCUT2D eigenvalue weighted by Gasteiger charge is -2.17. The van der Waals surface area contributed by atoms with Gasteiger partial charge in [-0.1, -0.05) is 28.1 Å². The number of hydrogen-bond donors (Lipinski definition) is 0. The van der Waals surface area contributed by atoms with E-state index in [9.17, 15) is 0 Å². The van der Waals surface area contributed by atoms with Crippen molar-refractivity contribution in [3.8, 4) is 5.75 Å². The molecule has 0 radical (unpaired) electrons. The summed E-state index contributed by atoms with van der Waals surface area (Å²) in [6.45, 7) is 4.07. The van der Waals surface area contributed by atoms with Gasteiger partial charge in [-0.15, -0.1) is 11.6 Å². The number of pyridine rings is 1. The van der Waals surface area contributed by atoms with Crippen molar-refractivity contribution in [2.45, 2.75) is 26.2 Å². The number of ether oxygens (including phenoxy) is 1. The van der Waals surface area contributed by atoms with Crippen molar-refractivity contribution in [1.82, 2.24) is 4.98 Å². The average molecular weight is 369 g/mol. The van der Waals surface area contributed by atoms with Crippen LogP contribution >= 0.6 is 27.5 Å². The molecule has 4 heteroatoms. The normalized spacial score (nSPS) is 12.2. The maximum absolute atomic E-state index is 6.19. The highest BCUT2D eigenvalue weighted by Gasteiger charge is 2.16. The number of benzene rings is 1. The molecule has 0 amide bonds. The van der Waals surface area contributed by atoms with E-state index in [2.05, 4.69) is 40.0 Å². The molecule has 0 bridgehead atoms. The van der Waals surface area contributed by atoms with Crippen molar-refractivity contribution in [3.05, 3.63) is 57.3 Å². The summed E-state index contributed by atoms with van der Waals surface area (Å²) < 4.78 is 6.55. The summed E-state index contributed by atoms with van der Waals surface area (Å²) in [7, 11) is 1.70. The van der Waals surface area contributed by atoms with Crippen LogP contribution < -0.4 is 4.74 Å². The highest BCUT2D eigenvalue weighted by atomic mass is 79.9. The number of nitrogens with zero attached hydrogens (tertiary/aromatic N) is 1. The summed E-state index contributed by atoms with van der Waals surface area (Å²) in [5.41, 5.74) is 4.43. The number of aromatic nitrogens is 1. The molecule has 0 fully saturated rings. The number of alkyl halides is 1. The number of methoxy groups -OCH3 is 1. The van der Waals surface area contributed by atoms with Crippen LogP contribution in [0.4, 0.5) is 0 Å². The zero-order valence-electron chi connectivity index (χ0n) is 12.5. The van der Waals surface area contributed by atoms with Crippen molar-refractivity contribution in [2.75, 3.05) is 13.0 Å². The molecule has 0 spiro atoms. The van der Waals surface area contributed by atoms with Crippen LogP contribution in [0.2, 0.25) is 0 Å². The third-order valence-corrected chi connectivity index (χ3v) is 4.56. The molecule has 1 unspecified atom stereocenters. The topological polar surface area (TPSA) is 22.1 Å². The van der Waals surface area contributed by atoms with Gasteiger partial charge in [-0.05, 0) is 38.0 Å². The molecule has 1 aromatic heterocycles. The monoisotopic (exact) mass is 367 g/mol. The lowest BCUT2D eigenvalue weighted by Crippen LogP contribution is -2.09. The Labute approximate surface area is 139 Å². The van der Waals surface area contributed by atoms with E-state index in [1.54, 1.807) is 7.11 Å². The molecule has 1 heterocycles. The molecule has 0 aliphatic heterocycles. The number of halogens is 2. The third kappa shape index (κ3) is 3.78. The summed E-state index contributed by atoms with van der Waals surface area (Å²) in [6.07, 6.45) is 2.68. The fraction of sp³-hybridized carbons (Fsp3) is 0.353. The highest BCUT2D eigenvalue weighted by Crippen LogP contribution is 2.29. The van der Waals surface area contributed by atoms with Crippen molar-refractivity contribution in [1.29, 1.82) is 0 Å². The van der Waals surface area contributed by atoms with Gasteiger partial charge >= 0.3 is 0 Å². The Balaban J connectivity index is 2.31. The molecule has 0 aliphatic carbocycles. The molecule has 112 valence electrons. The van der Waals surface area contributed by atoms with Crippen LogP contribution in [0.15, 0.2) is 34.9 Å². The van der Waals surface area contributed by atoms with E-state index in [0.717, 1.165) is 33.5 Å². The van der Waals surface area contributed by atoms with E-state index in [-0.39, 0.29) is 5.92 Å². The molecule has 0 N–H and O–H groups in total. The van der Waals surface area contributed by atoms with Crippen molar-refractivity contribution in [3.63, 3.8) is 0 Å². The molecule has 0 saturated carbocycles. The van der Waals surface area contributed by atoms with E-state index in [1.165, 1.54) is 5.56 Å². The second kappa shape index (κ2) is 7.28. The summed E-state index contributed by atoms with van der Waals surface area (Å²) in [4.78, 5) is 4.57. The zero-order valence-corrected chi connectivity index (χ0v) is 14.8. The van der Waals surface area contributed by atoms with Gasteiger partial charge in [0.25, 0.3) is 0 Å².